The van der Waals surface area contributed by atoms with Crippen molar-refractivity contribution in [1.82, 2.24) is 0 Å². The van der Waals surface area contributed by atoms with Crippen molar-refractivity contribution in [3.8, 4) is 11.5 Å². The lowest BCUT2D eigenvalue weighted by Crippen LogP contribution is -2.21. The van der Waals surface area contributed by atoms with Crippen molar-refractivity contribution in [1.29, 1.82) is 0 Å². The van der Waals surface area contributed by atoms with Gasteiger partial charge < -0.3 is 18.9 Å². The standard InChI is InChI=1S/C16H24O4/c1-16(2)19-11-14(20-16)7-5-6-12-8-9-13(17-3)10-15(12)18-4/h8-10,14H,5-7,11H2,1-4H3/t14-/m1/s1. The van der Waals surface area contributed by atoms with Gasteiger partial charge in [0.25, 0.3) is 0 Å². The Morgan fingerprint density at radius 2 is 2.05 bits per heavy atom. The first-order chi connectivity index (χ1) is 9.54. The summed E-state index contributed by atoms with van der Waals surface area (Å²) in [6.07, 6.45) is 3.22. The molecule has 112 valence electrons. The van der Waals surface area contributed by atoms with E-state index in [4.69, 9.17) is 18.9 Å². The minimum atomic E-state index is -0.428. The van der Waals surface area contributed by atoms with E-state index in [9.17, 15) is 0 Å². The van der Waals surface area contributed by atoms with Gasteiger partial charge in [-0.3, -0.25) is 0 Å². The third-order valence-electron chi connectivity index (χ3n) is 3.53. The zero-order chi connectivity index (χ0) is 14.6. The summed E-state index contributed by atoms with van der Waals surface area (Å²) in [6, 6.07) is 5.96. The first-order valence-corrected chi connectivity index (χ1v) is 7.07. The summed E-state index contributed by atoms with van der Waals surface area (Å²) in [7, 11) is 3.35. The van der Waals surface area contributed by atoms with Gasteiger partial charge in [-0.25, -0.2) is 0 Å². The molecule has 1 atom stereocenters. The number of methoxy groups -OCH3 is 2. The fourth-order valence-electron chi connectivity index (χ4n) is 2.48. The molecular formula is C16H24O4. The second-order valence-corrected chi connectivity index (χ2v) is 5.52. The van der Waals surface area contributed by atoms with Gasteiger partial charge in [-0.15, -0.1) is 0 Å². The monoisotopic (exact) mass is 280 g/mol. The van der Waals surface area contributed by atoms with Crippen LogP contribution in [0.3, 0.4) is 0 Å². The molecular weight excluding hydrogens is 256 g/mol. The lowest BCUT2D eigenvalue weighted by Gasteiger charge is -2.17. The van der Waals surface area contributed by atoms with Gasteiger partial charge in [-0.05, 0) is 44.7 Å². The molecule has 0 unspecified atom stereocenters. The van der Waals surface area contributed by atoms with Crippen molar-refractivity contribution in [2.75, 3.05) is 20.8 Å². The highest BCUT2D eigenvalue weighted by molar-refractivity contribution is 5.40. The number of ether oxygens (including phenoxy) is 4. The second kappa shape index (κ2) is 6.46. The van der Waals surface area contributed by atoms with Crippen LogP contribution in [-0.2, 0) is 15.9 Å². The molecule has 0 amide bonds. The zero-order valence-electron chi connectivity index (χ0n) is 12.8. The molecule has 0 N–H and O–H groups in total. The molecule has 0 saturated carbocycles. The van der Waals surface area contributed by atoms with Gasteiger partial charge >= 0.3 is 0 Å². The molecule has 1 aliphatic heterocycles. The van der Waals surface area contributed by atoms with Crippen LogP contribution in [0.2, 0.25) is 0 Å². The summed E-state index contributed by atoms with van der Waals surface area (Å²) in [5.41, 5.74) is 1.20. The van der Waals surface area contributed by atoms with Gasteiger partial charge in [0.05, 0.1) is 26.9 Å². The lowest BCUT2D eigenvalue weighted by molar-refractivity contribution is -0.139. The molecule has 1 fully saturated rings. The van der Waals surface area contributed by atoms with Crippen LogP contribution in [0.15, 0.2) is 18.2 Å². The maximum atomic E-state index is 5.81. The molecule has 0 bridgehead atoms. The highest BCUT2D eigenvalue weighted by atomic mass is 16.7. The van der Waals surface area contributed by atoms with Gasteiger partial charge in [0.2, 0.25) is 0 Å². The Morgan fingerprint density at radius 1 is 1.25 bits per heavy atom. The molecule has 4 nitrogen and oxygen atoms in total. The average molecular weight is 280 g/mol. The molecule has 4 heteroatoms. The molecule has 0 radical (unpaired) electrons. The van der Waals surface area contributed by atoms with Crippen LogP contribution < -0.4 is 9.47 Å². The Morgan fingerprint density at radius 3 is 2.65 bits per heavy atom. The predicted molar refractivity (Wildman–Crippen MR) is 77.4 cm³/mol. The van der Waals surface area contributed by atoms with Crippen LogP contribution in [-0.4, -0.2) is 32.7 Å². The van der Waals surface area contributed by atoms with Crippen molar-refractivity contribution in [2.45, 2.75) is 45.0 Å². The normalized spacial score (nSPS) is 20.9. The molecule has 0 spiro atoms. The molecule has 1 saturated heterocycles. The average Bonchev–Trinajstić information content (AvgIpc) is 2.78. The van der Waals surface area contributed by atoms with E-state index in [1.165, 1.54) is 5.56 Å². The Labute approximate surface area is 121 Å². The van der Waals surface area contributed by atoms with E-state index < -0.39 is 5.79 Å². The van der Waals surface area contributed by atoms with Gasteiger partial charge in [-0.1, -0.05) is 6.07 Å². The fourth-order valence-corrected chi connectivity index (χ4v) is 2.48. The lowest BCUT2D eigenvalue weighted by atomic mass is 10.0. The second-order valence-electron chi connectivity index (χ2n) is 5.52. The van der Waals surface area contributed by atoms with E-state index in [1.54, 1.807) is 14.2 Å². The molecule has 0 aromatic heterocycles. The Hall–Kier alpha value is -1.26. The third-order valence-corrected chi connectivity index (χ3v) is 3.53. The van der Waals surface area contributed by atoms with E-state index in [-0.39, 0.29) is 6.10 Å². The number of hydrogen-bond donors (Lipinski definition) is 0. The van der Waals surface area contributed by atoms with Crippen molar-refractivity contribution >= 4 is 0 Å². The quantitative estimate of drug-likeness (QED) is 0.802. The topological polar surface area (TPSA) is 36.9 Å². The first kappa shape index (κ1) is 15.1. The van der Waals surface area contributed by atoms with Gasteiger partial charge in [0.15, 0.2) is 5.79 Å². The van der Waals surface area contributed by atoms with Crippen LogP contribution in [0.1, 0.15) is 32.3 Å². The third kappa shape index (κ3) is 3.87. The van der Waals surface area contributed by atoms with E-state index in [0.29, 0.717) is 6.61 Å². The Kier molecular flexibility index (Phi) is 4.89. The summed E-state index contributed by atoms with van der Waals surface area (Å²) in [5, 5.41) is 0. The number of benzene rings is 1. The van der Waals surface area contributed by atoms with Crippen LogP contribution in [0, 0.1) is 0 Å². The predicted octanol–water partition coefficient (Wildman–Crippen LogP) is 3.18. The molecule has 1 aliphatic rings. The zero-order valence-corrected chi connectivity index (χ0v) is 12.8. The van der Waals surface area contributed by atoms with Crippen molar-refractivity contribution < 1.29 is 18.9 Å². The molecule has 1 heterocycles. The van der Waals surface area contributed by atoms with E-state index in [0.717, 1.165) is 30.8 Å². The number of hydrogen-bond acceptors (Lipinski definition) is 4. The highest BCUT2D eigenvalue weighted by Gasteiger charge is 2.32. The first-order valence-electron chi connectivity index (χ1n) is 7.07. The summed E-state index contributed by atoms with van der Waals surface area (Å²) in [4.78, 5) is 0. The fraction of sp³-hybridized carbons (Fsp3) is 0.625. The van der Waals surface area contributed by atoms with Crippen LogP contribution in [0.5, 0.6) is 11.5 Å². The SMILES string of the molecule is COc1ccc(CCC[C@@H]2COC(C)(C)O2)c(OC)c1. The molecule has 1 aromatic carbocycles. The minimum Gasteiger partial charge on any atom is -0.497 e. The van der Waals surface area contributed by atoms with E-state index >= 15 is 0 Å². The van der Waals surface area contributed by atoms with Crippen LogP contribution in [0.4, 0.5) is 0 Å². The van der Waals surface area contributed by atoms with Crippen LogP contribution >= 0.6 is 0 Å². The van der Waals surface area contributed by atoms with Crippen LogP contribution in [0.25, 0.3) is 0 Å². The van der Waals surface area contributed by atoms with Gasteiger partial charge in [0, 0.05) is 6.07 Å². The summed E-state index contributed by atoms with van der Waals surface area (Å²) in [5.74, 6) is 1.27. The highest BCUT2D eigenvalue weighted by Crippen LogP contribution is 2.28. The van der Waals surface area contributed by atoms with Crippen molar-refractivity contribution in [3.63, 3.8) is 0 Å². The smallest absolute Gasteiger partial charge is 0.163 e. The van der Waals surface area contributed by atoms with E-state index in [1.807, 2.05) is 26.0 Å². The maximum Gasteiger partial charge on any atom is 0.163 e. The van der Waals surface area contributed by atoms with Gasteiger partial charge in [0.1, 0.15) is 11.5 Å². The largest absolute Gasteiger partial charge is 0.497 e. The maximum absolute atomic E-state index is 5.81. The molecule has 0 aliphatic carbocycles. The molecule has 1 aromatic rings. The number of aryl methyl sites for hydroxylation is 1. The van der Waals surface area contributed by atoms with Crippen molar-refractivity contribution in [2.24, 2.45) is 0 Å². The van der Waals surface area contributed by atoms with Gasteiger partial charge in [-0.2, -0.15) is 0 Å². The summed E-state index contributed by atoms with van der Waals surface area (Å²) >= 11 is 0. The molecule has 2 rings (SSSR count). The Balaban J connectivity index is 1.85. The molecule has 20 heavy (non-hydrogen) atoms. The Bertz CT molecular complexity index is 442. The van der Waals surface area contributed by atoms with E-state index in [2.05, 4.69) is 6.07 Å². The summed E-state index contributed by atoms with van der Waals surface area (Å²) in [6.45, 7) is 4.60. The number of rotatable bonds is 6. The van der Waals surface area contributed by atoms with Crippen molar-refractivity contribution in [3.05, 3.63) is 23.8 Å². The summed E-state index contributed by atoms with van der Waals surface area (Å²) < 4.78 is 22.0. The minimum absolute atomic E-state index is 0.203.